The summed E-state index contributed by atoms with van der Waals surface area (Å²) in [7, 11) is 0. The molecule has 0 saturated heterocycles. The molecule has 1 aromatic rings. The summed E-state index contributed by atoms with van der Waals surface area (Å²) in [6.07, 6.45) is 0.891. The van der Waals surface area contributed by atoms with Gasteiger partial charge < -0.3 is 15.8 Å². The molecule has 1 amide bonds. The molecule has 0 spiro atoms. The van der Waals surface area contributed by atoms with E-state index in [9.17, 15) is 19.7 Å². The zero-order valence-corrected chi connectivity index (χ0v) is 11.4. The quantitative estimate of drug-likeness (QED) is 0.361. The number of nitrogen functional groups attached to an aromatic ring is 1. The second-order valence-corrected chi connectivity index (χ2v) is 4.86. The van der Waals surface area contributed by atoms with E-state index in [2.05, 4.69) is 5.32 Å². The molecule has 1 aliphatic rings. The Bertz CT molecular complexity index is 597. The van der Waals surface area contributed by atoms with E-state index in [1.54, 1.807) is 0 Å². The highest BCUT2D eigenvalue weighted by Gasteiger charge is 2.27. The maximum atomic E-state index is 11.9. The van der Waals surface area contributed by atoms with Crippen molar-refractivity contribution in [2.24, 2.45) is 0 Å². The number of carbonyl (C=O) groups excluding carboxylic acids is 2. The molecule has 1 fully saturated rings. The summed E-state index contributed by atoms with van der Waals surface area (Å²) in [5.74, 6) is -1.19. The number of nitrogens with one attached hydrogen (secondary N) is 1. The lowest BCUT2D eigenvalue weighted by Crippen LogP contribution is -2.37. The van der Waals surface area contributed by atoms with E-state index in [1.807, 2.05) is 0 Å². The molecule has 1 atom stereocenters. The summed E-state index contributed by atoms with van der Waals surface area (Å²) < 4.78 is 4.99. The summed E-state index contributed by atoms with van der Waals surface area (Å²) in [5.41, 5.74) is 5.00. The van der Waals surface area contributed by atoms with E-state index in [0.29, 0.717) is 0 Å². The Labute approximate surface area is 120 Å². The Morgan fingerprint density at radius 3 is 2.71 bits per heavy atom. The molecule has 8 heteroatoms. The van der Waals surface area contributed by atoms with E-state index in [4.69, 9.17) is 10.5 Å². The Hall–Kier alpha value is -2.64. The van der Waals surface area contributed by atoms with Crippen LogP contribution in [-0.4, -0.2) is 28.9 Å². The molecule has 1 unspecified atom stereocenters. The predicted octanol–water partition coefficient (Wildman–Crippen LogP) is 1.00. The lowest BCUT2D eigenvalue weighted by molar-refractivity contribution is -0.383. The summed E-state index contributed by atoms with van der Waals surface area (Å²) >= 11 is 0. The number of hydrogen-bond acceptors (Lipinski definition) is 6. The normalized spacial score (nSPS) is 15.1. The number of benzene rings is 1. The molecule has 3 N–H and O–H groups in total. The Balaban J connectivity index is 2.03. The first kappa shape index (κ1) is 14.8. The van der Waals surface area contributed by atoms with Gasteiger partial charge in [-0.25, -0.2) is 4.79 Å². The van der Waals surface area contributed by atoms with Crippen molar-refractivity contribution in [3.8, 4) is 0 Å². The number of ether oxygens (including phenoxy) is 1. The highest BCUT2D eigenvalue weighted by atomic mass is 16.6. The van der Waals surface area contributed by atoms with Gasteiger partial charge in [0.15, 0.2) is 6.10 Å². The highest BCUT2D eigenvalue weighted by molar-refractivity contribution is 5.93. The van der Waals surface area contributed by atoms with Crippen molar-refractivity contribution in [1.29, 1.82) is 0 Å². The van der Waals surface area contributed by atoms with Crippen LogP contribution in [0.4, 0.5) is 11.4 Å². The lowest BCUT2D eigenvalue weighted by Gasteiger charge is -2.13. The number of nitro benzene ring substituents is 1. The molecule has 0 bridgehead atoms. The Morgan fingerprint density at radius 1 is 1.48 bits per heavy atom. The number of carbonyl (C=O) groups is 2. The summed E-state index contributed by atoms with van der Waals surface area (Å²) in [5, 5.41) is 13.5. The molecule has 2 rings (SSSR count). The van der Waals surface area contributed by atoms with Crippen molar-refractivity contribution in [2.75, 3.05) is 5.73 Å². The molecule has 1 aromatic carbocycles. The fraction of sp³-hybridized carbons (Fsp3) is 0.385. The minimum atomic E-state index is -0.963. The van der Waals surface area contributed by atoms with Gasteiger partial charge in [0.25, 0.3) is 11.6 Å². The molecule has 1 saturated carbocycles. The van der Waals surface area contributed by atoms with Gasteiger partial charge in [0.2, 0.25) is 0 Å². The molecule has 8 nitrogen and oxygen atoms in total. The van der Waals surface area contributed by atoms with Crippen LogP contribution in [0.5, 0.6) is 0 Å². The maximum absolute atomic E-state index is 11.9. The van der Waals surface area contributed by atoms with Crippen LogP contribution in [0, 0.1) is 10.1 Å². The summed E-state index contributed by atoms with van der Waals surface area (Å²) in [6.45, 7) is 1.45. The third-order valence-corrected chi connectivity index (χ3v) is 3.04. The third kappa shape index (κ3) is 3.68. The summed E-state index contributed by atoms with van der Waals surface area (Å²) in [4.78, 5) is 33.6. The predicted molar refractivity (Wildman–Crippen MR) is 73.6 cm³/mol. The van der Waals surface area contributed by atoms with Crippen molar-refractivity contribution in [3.05, 3.63) is 33.9 Å². The summed E-state index contributed by atoms with van der Waals surface area (Å²) in [6, 6.07) is 3.76. The number of esters is 1. The maximum Gasteiger partial charge on any atom is 0.339 e. The van der Waals surface area contributed by atoms with Gasteiger partial charge in [-0.2, -0.15) is 0 Å². The van der Waals surface area contributed by atoms with Crippen molar-refractivity contribution in [1.82, 2.24) is 5.32 Å². The van der Waals surface area contributed by atoms with E-state index >= 15 is 0 Å². The molecular weight excluding hydrogens is 278 g/mol. The van der Waals surface area contributed by atoms with Gasteiger partial charge in [-0.1, -0.05) is 0 Å². The van der Waals surface area contributed by atoms with Gasteiger partial charge in [0, 0.05) is 12.1 Å². The highest BCUT2D eigenvalue weighted by Crippen LogP contribution is 2.23. The fourth-order valence-electron chi connectivity index (χ4n) is 1.66. The fourth-order valence-corrected chi connectivity index (χ4v) is 1.66. The largest absolute Gasteiger partial charge is 0.449 e. The van der Waals surface area contributed by atoms with Gasteiger partial charge in [0.1, 0.15) is 5.69 Å². The average molecular weight is 293 g/mol. The molecule has 1 aliphatic carbocycles. The van der Waals surface area contributed by atoms with Crippen LogP contribution in [0.2, 0.25) is 0 Å². The minimum Gasteiger partial charge on any atom is -0.449 e. The molecule has 0 heterocycles. The number of hydrogen-bond donors (Lipinski definition) is 2. The second kappa shape index (κ2) is 5.78. The number of nitro groups is 1. The monoisotopic (exact) mass is 293 g/mol. The van der Waals surface area contributed by atoms with Gasteiger partial charge in [-0.05, 0) is 31.9 Å². The first-order chi connectivity index (χ1) is 9.88. The van der Waals surface area contributed by atoms with Crippen molar-refractivity contribution >= 4 is 23.3 Å². The lowest BCUT2D eigenvalue weighted by atomic mass is 10.2. The number of nitrogens with zero attached hydrogens (tertiary/aromatic N) is 1. The van der Waals surface area contributed by atoms with Crippen molar-refractivity contribution in [2.45, 2.75) is 31.9 Å². The molecule has 0 aromatic heterocycles. The van der Waals surface area contributed by atoms with E-state index in [1.165, 1.54) is 19.1 Å². The number of amides is 1. The zero-order chi connectivity index (χ0) is 15.6. The van der Waals surface area contributed by atoms with E-state index < -0.39 is 17.0 Å². The standard InChI is InChI=1S/C13H15N3O5/c1-7(12(17)15-9-3-4-9)21-13(18)8-2-5-10(14)11(6-8)16(19)20/h2,5-7,9H,3-4,14H2,1H3,(H,15,17). The van der Waals surface area contributed by atoms with Crippen molar-refractivity contribution in [3.63, 3.8) is 0 Å². The number of anilines is 1. The van der Waals surface area contributed by atoms with Crippen LogP contribution in [0.15, 0.2) is 18.2 Å². The van der Waals surface area contributed by atoms with Crippen LogP contribution in [-0.2, 0) is 9.53 Å². The van der Waals surface area contributed by atoms with Gasteiger partial charge in [-0.3, -0.25) is 14.9 Å². The first-order valence-corrected chi connectivity index (χ1v) is 6.43. The van der Waals surface area contributed by atoms with Crippen LogP contribution in [0.25, 0.3) is 0 Å². The van der Waals surface area contributed by atoms with Crippen LogP contribution < -0.4 is 11.1 Å². The molecule has 112 valence electrons. The van der Waals surface area contributed by atoms with Crippen LogP contribution >= 0.6 is 0 Å². The minimum absolute atomic E-state index is 0.0260. The SMILES string of the molecule is CC(OC(=O)c1ccc(N)c([N+](=O)[O-])c1)C(=O)NC1CC1. The van der Waals surface area contributed by atoms with E-state index in [0.717, 1.165) is 18.9 Å². The topological polar surface area (TPSA) is 125 Å². The number of nitrogens with two attached hydrogens (primary N) is 1. The van der Waals surface area contributed by atoms with Crippen LogP contribution in [0.1, 0.15) is 30.1 Å². The molecule has 0 radical (unpaired) electrons. The first-order valence-electron chi connectivity index (χ1n) is 6.43. The Kier molecular flexibility index (Phi) is 4.06. The molecular formula is C13H15N3O5. The molecule has 21 heavy (non-hydrogen) atoms. The van der Waals surface area contributed by atoms with Crippen LogP contribution in [0.3, 0.4) is 0 Å². The third-order valence-electron chi connectivity index (χ3n) is 3.04. The van der Waals surface area contributed by atoms with Crippen molar-refractivity contribution < 1.29 is 19.2 Å². The van der Waals surface area contributed by atoms with Gasteiger partial charge >= 0.3 is 5.97 Å². The average Bonchev–Trinajstić information content (AvgIpc) is 3.22. The molecule has 0 aliphatic heterocycles. The zero-order valence-electron chi connectivity index (χ0n) is 11.4. The number of rotatable bonds is 5. The second-order valence-electron chi connectivity index (χ2n) is 4.86. The van der Waals surface area contributed by atoms with Gasteiger partial charge in [-0.15, -0.1) is 0 Å². The Morgan fingerprint density at radius 2 is 2.14 bits per heavy atom. The van der Waals surface area contributed by atoms with Gasteiger partial charge in [0.05, 0.1) is 10.5 Å². The van der Waals surface area contributed by atoms with E-state index in [-0.39, 0.29) is 28.9 Å². The smallest absolute Gasteiger partial charge is 0.339 e.